The van der Waals surface area contributed by atoms with E-state index in [0.29, 0.717) is 11.0 Å². The van der Waals surface area contributed by atoms with Crippen LogP contribution in [0, 0.1) is 0 Å². The Hall–Kier alpha value is -1.40. The van der Waals surface area contributed by atoms with Gasteiger partial charge in [-0.2, -0.15) is 0 Å². The quantitative estimate of drug-likeness (QED) is 0.801. The van der Waals surface area contributed by atoms with E-state index >= 15 is 0 Å². The van der Waals surface area contributed by atoms with Gasteiger partial charge in [-0.05, 0) is 30.7 Å². The first kappa shape index (κ1) is 15.5. The van der Waals surface area contributed by atoms with Gasteiger partial charge in [-0.25, -0.2) is 0 Å². The lowest BCUT2D eigenvalue weighted by molar-refractivity contribution is -0.128. The van der Waals surface area contributed by atoms with Gasteiger partial charge in [-0.1, -0.05) is 0 Å². The first-order valence-electron chi connectivity index (χ1n) is 7.28. The normalized spacial score (nSPS) is 18.9. The fraction of sp³-hybridized carbons (Fsp3) is 0.375. The molecule has 3 rings (SSSR count). The van der Waals surface area contributed by atoms with Crippen LogP contribution in [0.25, 0.3) is 0 Å². The second-order valence-electron chi connectivity index (χ2n) is 5.02. The monoisotopic (exact) mass is 334 g/mol. The highest BCUT2D eigenvalue weighted by molar-refractivity contribution is 8.00. The fourth-order valence-corrected chi connectivity index (χ4v) is 4.36. The van der Waals surface area contributed by atoms with Crippen LogP contribution in [0.15, 0.2) is 52.2 Å². The van der Waals surface area contributed by atoms with Gasteiger partial charge in [0.05, 0.1) is 17.3 Å². The number of hydrogen-bond donors (Lipinski definition) is 0. The van der Waals surface area contributed by atoms with E-state index in [1.807, 2.05) is 40.9 Å². The van der Waals surface area contributed by atoms with E-state index in [2.05, 4.69) is 4.98 Å². The van der Waals surface area contributed by atoms with Gasteiger partial charge >= 0.3 is 0 Å². The van der Waals surface area contributed by atoms with E-state index < -0.39 is 0 Å². The molecule has 0 saturated carbocycles. The van der Waals surface area contributed by atoms with E-state index in [1.165, 1.54) is 0 Å². The molecule has 0 aliphatic carbocycles. The van der Waals surface area contributed by atoms with E-state index in [-0.39, 0.29) is 5.91 Å². The maximum Gasteiger partial charge on any atom is 0.232 e. The Labute approximate surface area is 138 Å². The number of nitrogens with zero attached hydrogens (tertiary/aromatic N) is 2. The van der Waals surface area contributed by atoms with Gasteiger partial charge in [0, 0.05) is 36.1 Å². The molecule has 3 heterocycles. The zero-order valence-electron chi connectivity index (χ0n) is 12.2. The van der Waals surface area contributed by atoms with Crippen molar-refractivity contribution < 1.29 is 9.21 Å². The first-order chi connectivity index (χ1) is 10.8. The Kier molecular flexibility index (Phi) is 5.45. The van der Waals surface area contributed by atoms with Crippen LogP contribution in [0.1, 0.15) is 17.4 Å². The van der Waals surface area contributed by atoms with Crippen molar-refractivity contribution in [3.8, 4) is 0 Å². The Morgan fingerprint density at radius 2 is 2.23 bits per heavy atom. The maximum absolute atomic E-state index is 12.4. The van der Waals surface area contributed by atoms with Crippen molar-refractivity contribution in [2.24, 2.45) is 0 Å². The van der Waals surface area contributed by atoms with Gasteiger partial charge in [0.15, 0.2) is 0 Å². The molecule has 0 bridgehead atoms. The lowest BCUT2D eigenvalue weighted by Crippen LogP contribution is -2.34. The average molecular weight is 334 g/mol. The predicted molar refractivity (Wildman–Crippen MR) is 90.1 cm³/mol. The lowest BCUT2D eigenvalue weighted by atomic mass is 10.2. The summed E-state index contributed by atoms with van der Waals surface area (Å²) in [7, 11) is 0. The molecule has 1 saturated heterocycles. The molecule has 2 aromatic rings. The van der Waals surface area contributed by atoms with Crippen LogP contribution in [0.2, 0.25) is 0 Å². The van der Waals surface area contributed by atoms with Gasteiger partial charge in [0.2, 0.25) is 5.91 Å². The van der Waals surface area contributed by atoms with Gasteiger partial charge in [0.25, 0.3) is 0 Å². The molecule has 0 aromatic carbocycles. The molecule has 1 fully saturated rings. The number of thioether (sulfide) groups is 2. The maximum atomic E-state index is 12.4. The number of pyridine rings is 1. The van der Waals surface area contributed by atoms with Crippen molar-refractivity contribution in [3.63, 3.8) is 0 Å². The molecule has 1 amide bonds. The molecule has 0 spiro atoms. The number of rotatable bonds is 4. The molecule has 116 valence electrons. The van der Waals surface area contributed by atoms with Crippen LogP contribution in [0.3, 0.4) is 0 Å². The minimum absolute atomic E-state index is 0.211. The Morgan fingerprint density at radius 1 is 1.36 bits per heavy atom. The smallest absolute Gasteiger partial charge is 0.232 e. The standard InChI is InChI=1S/C16H18N2O2S2/c19-16(12-22-13-3-6-17-7-4-13)18-8-5-15(21-11-9-18)14-2-1-10-20-14/h1-4,6-7,10,15H,5,8-9,11-12H2/t15-/m0/s1. The minimum Gasteiger partial charge on any atom is -0.468 e. The van der Waals surface area contributed by atoms with Crippen molar-refractivity contribution in [3.05, 3.63) is 48.7 Å². The van der Waals surface area contributed by atoms with E-state index in [0.717, 1.165) is 35.9 Å². The second-order valence-corrected chi connectivity index (χ2v) is 7.38. The fourth-order valence-electron chi connectivity index (χ4n) is 2.39. The number of carbonyl (C=O) groups is 1. The van der Waals surface area contributed by atoms with E-state index in [9.17, 15) is 4.79 Å². The third-order valence-electron chi connectivity index (χ3n) is 3.57. The second kappa shape index (κ2) is 7.74. The van der Waals surface area contributed by atoms with E-state index in [1.54, 1.807) is 30.4 Å². The highest BCUT2D eigenvalue weighted by atomic mass is 32.2. The van der Waals surface area contributed by atoms with Crippen molar-refractivity contribution in [1.82, 2.24) is 9.88 Å². The first-order valence-corrected chi connectivity index (χ1v) is 9.32. The topological polar surface area (TPSA) is 46.3 Å². The molecule has 1 atom stereocenters. The largest absolute Gasteiger partial charge is 0.468 e. The van der Waals surface area contributed by atoms with Crippen molar-refractivity contribution in [2.45, 2.75) is 16.6 Å². The van der Waals surface area contributed by atoms with Gasteiger partial charge in [0.1, 0.15) is 5.76 Å². The lowest BCUT2D eigenvalue weighted by Gasteiger charge is -2.19. The number of furan rings is 1. The summed E-state index contributed by atoms with van der Waals surface area (Å²) >= 11 is 3.45. The number of hydrogen-bond acceptors (Lipinski definition) is 5. The molecular formula is C16H18N2O2S2. The van der Waals surface area contributed by atoms with Crippen molar-refractivity contribution in [2.75, 3.05) is 24.6 Å². The highest BCUT2D eigenvalue weighted by Crippen LogP contribution is 2.34. The third-order valence-corrected chi connectivity index (χ3v) is 5.85. The molecule has 22 heavy (non-hydrogen) atoms. The summed E-state index contributed by atoms with van der Waals surface area (Å²) in [5.41, 5.74) is 0. The van der Waals surface area contributed by atoms with Crippen molar-refractivity contribution in [1.29, 1.82) is 0 Å². The van der Waals surface area contributed by atoms with Crippen LogP contribution in [-0.4, -0.2) is 40.4 Å². The number of aromatic nitrogens is 1. The van der Waals surface area contributed by atoms with Crippen LogP contribution < -0.4 is 0 Å². The Bertz CT molecular complexity index is 589. The molecule has 1 aliphatic rings. The molecular weight excluding hydrogens is 316 g/mol. The highest BCUT2D eigenvalue weighted by Gasteiger charge is 2.23. The summed E-state index contributed by atoms with van der Waals surface area (Å²) < 4.78 is 5.50. The molecule has 4 nitrogen and oxygen atoms in total. The van der Waals surface area contributed by atoms with Gasteiger partial charge in [-0.3, -0.25) is 9.78 Å². The summed E-state index contributed by atoms with van der Waals surface area (Å²) in [6.07, 6.45) is 6.17. The summed E-state index contributed by atoms with van der Waals surface area (Å²) in [6, 6.07) is 7.82. The molecule has 6 heteroatoms. The Balaban J connectivity index is 1.51. The van der Waals surface area contributed by atoms with Crippen molar-refractivity contribution >= 4 is 29.4 Å². The molecule has 1 aliphatic heterocycles. The SMILES string of the molecule is O=C(CSc1ccncc1)N1CCS[C@H](c2ccco2)CC1. The summed E-state index contributed by atoms with van der Waals surface area (Å²) in [4.78, 5) is 19.4. The van der Waals surface area contributed by atoms with Gasteiger partial charge < -0.3 is 9.32 Å². The predicted octanol–water partition coefficient (Wildman–Crippen LogP) is 3.47. The summed E-state index contributed by atoms with van der Waals surface area (Å²) in [6.45, 7) is 1.62. The summed E-state index contributed by atoms with van der Waals surface area (Å²) in [5.74, 6) is 2.67. The third kappa shape index (κ3) is 4.08. The molecule has 0 unspecified atom stereocenters. The van der Waals surface area contributed by atoms with E-state index in [4.69, 9.17) is 4.42 Å². The number of carbonyl (C=O) groups excluding carboxylic acids is 1. The van der Waals surface area contributed by atoms with Crippen LogP contribution in [0.5, 0.6) is 0 Å². The summed E-state index contributed by atoms with van der Waals surface area (Å²) in [5, 5.41) is 0.362. The molecule has 2 aromatic heterocycles. The number of amides is 1. The van der Waals surface area contributed by atoms with Gasteiger partial charge in [-0.15, -0.1) is 23.5 Å². The van der Waals surface area contributed by atoms with Crippen LogP contribution in [0.4, 0.5) is 0 Å². The van der Waals surface area contributed by atoms with Crippen LogP contribution >= 0.6 is 23.5 Å². The Morgan fingerprint density at radius 3 is 3.00 bits per heavy atom. The molecule has 0 N–H and O–H groups in total. The average Bonchev–Trinajstić information content (AvgIpc) is 2.98. The molecule has 0 radical (unpaired) electrons. The zero-order valence-corrected chi connectivity index (χ0v) is 13.8. The zero-order chi connectivity index (χ0) is 15.2. The van der Waals surface area contributed by atoms with Crippen LogP contribution in [-0.2, 0) is 4.79 Å². The minimum atomic E-state index is 0.211.